The maximum Gasteiger partial charge on any atom is 0.261 e. The molecule has 2 aromatic carbocycles. The highest BCUT2D eigenvalue weighted by atomic mass is 16.5. The van der Waals surface area contributed by atoms with Crippen molar-refractivity contribution >= 4 is 5.91 Å². The first-order valence-electron chi connectivity index (χ1n) is 8.63. The van der Waals surface area contributed by atoms with Crippen molar-refractivity contribution in [1.82, 2.24) is 5.32 Å². The summed E-state index contributed by atoms with van der Waals surface area (Å²) in [6.45, 7) is 7.86. The van der Waals surface area contributed by atoms with Crippen molar-refractivity contribution in [3.63, 3.8) is 0 Å². The number of carbonyl (C=O) groups excluding carboxylic acids is 1. The van der Waals surface area contributed by atoms with Crippen LogP contribution in [-0.4, -0.2) is 19.1 Å². The molecule has 1 amide bonds. The van der Waals surface area contributed by atoms with Gasteiger partial charge in [0.05, 0.1) is 13.2 Å². The number of hydrogen-bond donors (Lipinski definition) is 1. The van der Waals surface area contributed by atoms with E-state index in [9.17, 15) is 4.79 Å². The molecule has 4 heteroatoms. The lowest BCUT2D eigenvalue weighted by molar-refractivity contribution is -0.128. The lowest BCUT2D eigenvalue weighted by Gasteiger charge is -2.22. The van der Waals surface area contributed by atoms with E-state index in [1.54, 1.807) is 14.0 Å². The van der Waals surface area contributed by atoms with Crippen LogP contribution in [0, 0.1) is 13.8 Å². The van der Waals surface area contributed by atoms with Crippen molar-refractivity contribution in [3.8, 4) is 11.5 Å². The standard InChI is InChI=1S/C21H27NO3/c1-6-19(17-10-12-18(24-5)13-11-17)22-21(23)16(4)25-20-9-7-8-14(2)15(20)3/h7-13,16,19H,6H2,1-5H3,(H,22,23)/t16-,19-/m0/s1. The highest BCUT2D eigenvalue weighted by Crippen LogP contribution is 2.23. The van der Waals surface area contributed by atoms with Crippen LogP contribution in [0.3, 0.4) is 0 Å². The summed E-state index contributed by atoms with van der Waals surface area (Å²) >= 11 is 0. The average Bonchev–Trinajstić information content (AvgIpc) is 2.63. The Kier molecular flexibility index (Phi) is 6.45. The number of ether oxygens (including phenoxy) is 2. The highest BCUT2D eigenvalue weighted by molar-refractivity contribution is 5.81. The molecule has 2 atom stereocenters. The van der Waals surface area contributed by atoms with Gasteiger partial charge in [-0.1, -0.05) is 31.2 Å². The summed E-state index contributed by atoms with van der Waals surface area (Å²) in [6, 6.07) is 13.6. The molecule has 4 nitrogen and oxygen atoms in total. The summed E-state index contributed by atoms with van der Waals surface area (Å²) in [6.07, 6.45) is 0.238. The molecule has 2 aromatic rings. The molecule has 0 aliphatic rings. The second-order valence-corrected chi connectivity index (χ2v) is 6.20. The molecule has 1 N–H and O–H groups in total. The molecular weight excluding hydrogens is 314 g/mol. The van der Waals surface area contributed by atoms with Gasteiger partial charge in [-0.2, -0.15) is 0 Å². The number of nitrogens with one attached hydrogen (secondary N) is 1. The molecule has 25 heavy (non-hydrogen) atoms. The van der Waals surface area contributed by atoms with Crippen molar-refractivity contribution < 1.29 is 14.3 Å². The minimum Gasteiger partial charge on any atom is -0.497 e. The summed E-state index contributed by atoms with van der Waals surface area (Å²) in [5.41, 5.74) is 3.26. The minimum absolute atomic E-state index is 0.0527. The number of rotatable bonds is 7. The molecule has 0 saturated carbocycles. The van der Waals surface area contributed by atoms with Crippen LogP contribution < -0.4 is 14.8 Å². The lowest BCUT2D eigenvalue weighted by atomic mass is 10.0. The van der Waals surface area contributed by atoms with Crippen LogP contribution in [0.1, 0.15) is 43.0 Å². The number of aryl methyl sites for hydroxylation is 1. The second-order valence-electron chi connectivity index (χ2n) is 6.20. The van der Waals surface area contributed by atoms with Gasteiger partial charge in [0, 0.05) is 0 Å². The Morgan fingerprint density at radius 3 is 2.40 bits per heavy atom. The Morgan fingerprint density at radius 1 is 1.12 bits per heavy atom. The summed E-state index contributed by atoms with van der Waals surface area (Å²) in [4.78, 5) is 12.5. The van der Waals surface area contributed by atoms with Crippen LogP contribution in [0.25, 0.3) is 0 Å². The van der Waals surface area contributed by atoms with Gasteiger partial charge in [0.25, 0.3) is 5.91 Å². The molecule has 0 unspecified atom stereocenters. The van der Waals surface area contributed by atoms with Gasteiger partial charge in [-0.3, -0.25) is 4.79 Å². The van der Waals surface area contributed by atoms with E-state index in [0.29, 0.717) is 0 Å². The fourth-order valence-corrected chi connectivity index (χ4v) is 2.64. The van der Waals surface area contributed by atoms with Crippen molar-refractivity contribution in [2.75, 3.05) is 7.11 Å². The van der Waals surface area contributed by atoms with Crippen LogP contribution in [0.4, 0.5) is 0 Å². The number of amides is 1. The van der Waals surface area contributed by atoms with Crippen molar-refractivity contribution in [2.24, 2.45) is 0 Å². The summed E-state index contributed by atoms with van der Waals surface area (Å²) < 4.78 is 11.1. The Morgan fingerprint density at radius 2 is 1.80 bits per heavy atom. The highest BCUT2D eigenvalue weighted by Gasteiger charge is 2.20. The van der Waals surface area contributed by atoms with Gasteiger partial charge >= 0.3 is 0 Å². The van der Waals surface area contributed by atoms with Crippen LogP contribution >= 0.6 is 0 Å². The van der Waals surface area contributed by atoms with Gasteiger partial charge < -0.3 is 14.8 Å². The van der Waals surface area contributed by atoms with E-state index >= 15 is 0 Å². The van der Waals surface area contributed by atoms with Crippen LogP contribution in [-0.2, 0) is 4.79 Å². The number of carbonyl (C=O) groups is 1. The van der Waals surface area contributed by atoms with E-state index in [1.807, 2.05) is 63.2 Å². The van der Waals surface area contributed by atoms with Gasteiger partial charge in [-0.25, -0.2) is 0 Å². The minimum atomic E-state index is -0.562. The molecule has 0 heterocycles. The van der Waals surface area contributed by atoms with Gasteiger partial charge in [0.15, 0.2) is 6.10 Å². The molecule has 0 spiro atoms. The first-order valence-corrected chi connectivity index (χ1v) is 8.63. The molecule has 0 bridgehead atoms. The molecule has 0 aromatic heterocycles. The smallest absolute Gasteiger partial charge is 0.261 e. The lowest BCUT2D eigenvalue weighted by Crippen LogP contribution is -2.38. The number of hydrogen-bond acceptors (Lipinski definition) is 3. The van der Waals surface area contributed by atoms with Gasteiger partial charge in [0.2, 0.25) is 0 Å². The van der Waals surface area contributed by atoms with Crippen LogP contribution in [0.5, 0.6) is 11.5 Å². The van der Waals surface area contributed by atoms with E-state index < -0.39 is 6.10 Å². The van der Waals surface area contributed by atoms with Crippen molar-refractivity contribution in [3.05, 3.63) is 59.2 Å². The zero-order chi connectivity index (χ0) is 18.4. The molecular formula is C21H27NO3. The van der Waals surface area contributed by atoms with Gasteiger partial charge in [-0.05, 0) is 62.1 Å². The molecule has 2 rings (SSSR count). The molecule has 0 aliphatic carbocycles. The normalized spacial score (nSPS) is 13.0. The van der Waals surface area contributed by atoms with E-state index in [0.717, 1.165) is 34.6 Å². The van der Waals surface area contributed by atoms with Crippen LogP contribution in [0.2, 0.25) is 0 Å². The largest absolute Gasteiger partial charge is 0.497 e. The monoisotopic (exact) mass is 341 g/mol. The molecule has 0 radical (unpaired) electrons. The maximum atomic E-state index is 12.5. The predicted octanol–water partition coefficient (Wildman–Crippen LogP) is 4.35. The fraction of sp³-hybridized carbons (Fsp3) is 0.381. The van der Waals surface area contributed by atoms with Gasteiger partial charge in [-0.15, -0.1) is 0 Å². The van der Waals surface area contributed by atoms with E-state index in [-0.39, 0.29) is 11.9 Å². The molecule has 0 fully saturated rings. The topological polar surface area (TPSA) is 47.6 Å². The van der Waals surface area contributed by atoms with E-state index in [2.05, 4.69) is 5.32 Å². The summed E-state index contributed by atoms with van der Waals surface area (Å²) in [7, 11) is 1.64. The third kappa shape index (κ3) is 4.75. The van der Waals surface area contributed by atoms with E-state index in [4.69, 9.17) is 9.47 Å². The number of methoxy groups -OCH3 is 1. The fourth-order valence-electron chi connectivity index (χ4n) is 2.64. The number of benzene rings is 2. The first-order chi connectivity index (χ1) is 12.0. The Hall–Kier alpha value is -2.49. The average molecular weight is 341 g/mol. The zero-order valence-electron chi connectivity index (χ0n) is 15.6. The van der Waals surface area contributed by atoms with Crippen LogP contribution in [0.15, 0.2) is 42.5 Å². The molecule has 0 saturated heterocycles. The summed E-state index contributed by atoms with van der Waals surface area (Å²) in [5, 5.41) is 3.07. The maximum absolute atomic E-state index is 12.5. The zero-order valence-corrected chi connectivity index (χ0v) is 15.6. The molecule has 0 aliphatic heterocycles. The SMILES string of the molecule is CC[C@H](NC(=O)[C@H](C)Oc1cccc(C)c1C)c1ccc(OC)cc1. The Balaban J connectivity index is 2.03. The van der Waals surface area contributed by atoms with Gasteiger partial charge in [0.1, 0.15) is 11.5 Å². The summed E-state index contributed by atoms with van der Waals surface area (Å²) in [5.74, 6) is 1.43. The first kappa shape index (κ1) is 18.8. The van der Waals surface area contributed by atoms with E-state index in [1.165, 1.54) is 0 Å². The third-order valence-corrected chi connectivity index (χ3v) is 4.47. The second kappa shape index (κ2) is 8.56. The predicted molar refractivity (Wildman–Crippen MR) is 100 cm³/mol. The van der Waals surface area contributed by atoms with Crippen molar-refractivity contribution in [2.45, 2.75) is 46.3 Å². The van der Waals surface area contributed by atoms with Crippen molar-refractivity contribution in [1.29, 1.82) is 0 Å². The third-order valence-electron chi connectivity index (χ3n) is 4.47. The Bertz CT molecular complexity index is 710. The quantitative estimate of drug-likeness (QED) is 0.814. The molecule has 134 valence electrons. The Labute approximate surface area is 150 Å².